The summed E-state index contributed by atoms with van der Waals surface area (Å²) in [7, 11) is 1.68. The average molecular weight is 271 g/mol. The van der Waals surface area contributed by atoms with Crippen LogP contribution in [0.5, 0.6) is 0 Å². The van der Waals surface area contributed by atoms with Gasteiger partial charge in [-0.15, -0.1) is 0 Å². The summed E-state index contributed by atoms with van der Waals surface area (Å²) in [4.78, 5) is 12.0. The van der Waals surface area contributed by atoms with Crippen molar-refractivity contribution in [3.05, 3.63) is 42.7 Å². The van der Waals surface area contributed by atoms with E-state index in [-0.39, 0.29) is 0 Å². The standard InChI is InChI=1S/C14H13N3OS/c1-3-10-4-5-12-11(8-10)17(9-18-2)13-14(19-12)16-7-6-15-13/h3-8H,1,9H2,2H3. The smallest absolute Gasteiger partial charge is 0.168 e. The molecule has 1 aromatic heterocycles. The van der Waals surface area contributed by atoms with Gasteiger partial charge in [0.2, 0.25) is 0 Å². The fourth-order valence-electron chi connectivity index (χ4n) is 2.01. The SMILES string of the molecule is C=Cc1ccc2c(c1)N(COC)c1nccnc1S2. The van der Waals surface area contributed by atoms with Crippen LogP contribution in [0.15, 0.2) is 47.1 Å². The van der Waals surface area contributed by atoms with Gasteiger partial charge in [-0.2, -0.15) is 0 Å². The van der Waals surface area contributed by atoms with E-state index in [1.54, 1.807) is 31.3 Å². The van der Waals surface area contributed by atoms with Gasteiger partial charge in [-0.3, -0.25) is 4.90 Å². The number of hydrogen-bond acceptors (Lipinski definition) is 5. The molecule has 0 saturated heterocycles. The fraction of sp³-hybridized carbons (Fsp3) is 0.143. The van der Waals surface area contributed by atoms with Crippen LogP contribution in [0.3, 0.4) is 0 Å². The fourth-order valence-corrected chi connectivity index (χ4v) is 3.00. The molecule has 0 N–H and O–H groups in total. The highest BCUT2D eigenvalue weighted by atomic mass is 32.2. The lowest BCUT2D eigenvalue weighted by molar-refractivity contribution is 0.205. The maximum Gasteiger partial charge on any atom is 0.168 e. The van der Waals surface area contributed by atoms with E-state index < -0.39 is 0 Å². The van der Waals surface area contributed by atoms with Crippen LogP contribution in [0.25, 0.3) is 6.08 Å². The van der Waals surface area contributed by atoms with E-state index >= 15 is 0 Å². The lowest BCUT2D eigenvalue weighted by atomic mass is 10.2. The van der Waals surface area contributed by atoms with E-state index in [0.717, 1.165) is 27.0 Å². The highest BCUT2D eigenvalue weighted by molar-refractivity contribution is 7.99. The number of rotatable bonds is 3. The van der Waals surface area contributed by atoms with Crippen LogP contribution in [-0.2, 0) is 4.74 Å². The minimum atomic E-state index is 0.444. The summed E-state index contributed by atoms with van der Waals surface area (Å²) < 4.78 is 5.29. The van der Waals surface area contributed by atoms with E-state index in [4.69, 9.17) is 4.74 Å². The van der Waals surface area contributed by atoms with Gasteiger partial charge in [-0.05, 0) is 17.7 Å². The van der Waals surface area contributed by atoms with E-state index in [1.165, 1.54) is 0 Å². The second-order valence-corrected chi connectivity index (χ2v) is 5.09. The summed E-state index contributed by atoms with van der Waals surface area (Å²) in [6.07, 6.45) is 5.24. The minimum Gasteiger partial charge on any atom is -0.364 e. The molecule has 0 saturated carbocycles. The molecule has 4 nitrogen and oxygen atoms in total. The zero-order chi connectivity index (χ0) is 13.2. The normalized spacial score (nSPS) is 12.8. The second-order valence-electron chi connectivity index (χ2n) is 4.06. The first kappa shape index (κ1) is 12.2. The molecule has 3 rings (SSSR count). The van der Waals surface area contributed by atoms with Gasteiger partial charge < -0.3 is 4.74 Å². The first-order valence-electron chi connectivity index (χ1n) is 5.85. The second kappa shape index (κ2) is 5.03. The molecule has 0 unspecified atom stereocenters. The first-order valence-corrected chi connectivity index (χ1v) is 6.67. The van der Waals surface area contributed by atoms with Crippen LogP contribution in [-0.4, -0.2) is 23.8 Å². The minimum absolute atomic E-state index is 0.444. The Morgan fingerprint density at radius 2 is 2.21 bits per heavy atom. The van der Waals surface area contributed by atoms with E-state index in [0.29, 0.717) is 6.73 Å². The van der Waals surface area contributed by atoms with Crippen LogP contribution in [0.4, 0.5) is 11.5 Å². The quantitative estimate of drug-likeness (QED) is 0.856. The molecular formula is C14H13N3OS. The Bertz CT molecular complexity index is 630. The number of aromatic nitrogens is 2. The maximum absolute atomic E-state index is 5.29. The molecule has 0 spiro atoms. The number of fused-ring (bicyclic) bond motifs is 2. The number of benzene rings is 1. The van der Waals surface area contributed by atoms with Crippen molar-refractivity contribution in [2.24, 2.45) is 0 Å². The number of methoxy groups -OCH3 is 1. The summed E-state index contributed by atoms with van der Waals surface area (Å²) in [5.74, 6) is 0.836. The Morgan fingerprint density at radius 3 is 3.00 bits per heavy atom. The summed E-state index contributed by atoms with van der Waals surface area (Å²) >= 11 is 1.63. The molecule has 0 atom stereocenters. The summed E-state index contributed by atoms with van der Waals surface area (Å²) in [5.41, 5.74) is 2.16. The summed E-state index contributed by atoms with van der Waals surface area (Å²) in [6, 6.07) is 6.22. The van der Waals surface area contributed by atoms with Crippen molar-refractivity contribution in [1.29, 1.82) is 0 Å². The Hall–Kier alpha value is -1.85. The van der Waals surface area contributed by atoms with Gasteiger partial charge in [0.05, 0.1) is 5.69 Å². The number of hydrogen-bond donors (Lipinski definition) is 0. The average Bonchev–Trinajstić information content (AvgIpc) is 2.47. The third-order valence-electron chi connectivity index (χ3n) is 2.88. The summed E-state index contributed by atoms with van der Waals surface area (Å²) in [6.45, 7) is 4.25. The largest absolute Gasteiger partial charge is 0.364 e. The highest BCUT2D eigenvalue weighted by Crippen LogP contribution is 2.46. The van der Waals surface area contributed by atoms with Gasteiger partial charge in [-0.25, -0.2) is 9.97 Å². The van der Waals surface area contributed by atoms with Gasteiger partial charge in [0.1, 0.15) is 11.8 Å². The van der Waals surface area contributed by atoms with Crippen molar-refractivity contribution in [2.75, 3.05) is 18.7 Å². The Labute approximate surface area is 116 Å². The molecule has 0 aliphatic carbocycles. The lowest BCUT2D eigenvalue weighted by Gasteiger charge is -2.30. The Kier molecular flexibility index (Phi) is 3.23. The number of nitrogens with zero attached hydrogens (tertiary/aromatic N) is 3. The third kappa shape index (κ3) is 2.11. The van der Waals surface area contributed by atoms with Crippen molar-refractivity contribution in [1.82, 2.24) is 9.97 Å². The molecular weight excluding hydrogens is 258 g/mol. The molecule has 96 valence electrons. The zero-order valence-corrected chi connectivity index (χ0v) is 11.4. The topological polar surface area (TPSA) is 38.2 Å². The molecule has 0 bridgehead atoms. The monoisotopic (exact) mass is 271 g/mol. The van der Waals surface area contributed by atoms with Crippen molar-refractivity contribution < 1.29 is 4.74 Å². The van der Waals surface area contributed by atoms with E-state index in [2.05, 4.69) is 28.7 Å². The molecule has 2 heterocycles. The van der Waals surface area contributed by atoms with Gasteiger partial charge in [-0.1, -0.05) is 30.5 Å². The van der Waals surface area contributed by atoms with Crippen molar-refractivity contribution in [3.8, 4) is 0 Å². The lowest BCUT2D eigenvalue weighted by Crippen LogP contribution is -2.24. The molecule has 19 heavy (non-hydrogen) atoms. The van der Waals surface area contributed by atoms with Crippen LogP contribution in [0.2, 0.25) is 0 Å². The zero-order valence-electron chi connectivity index (χ0n) is 10.5. The molecule has 1 aliphatic rings. The molecule has 0 amide bonds. The molecule has 0 radical (unpaired) electrons. The van der Waals surface area contributed by atoms with Gasteiger partial charge in [0, 0.05) is 24.4 Å². The van der Waals surface area contributed by atoms with Gasteiger partial charge >= 0.3 is 0 Å². The van der Waals surface area contributed by atoms with Crippen molar-refractivity contribution >= 4 is 29.3 Å². The third-order valence-corrected chi connectivity index (χ3v) is 3.92. The maximum atomic E-state index is 5.29. The van der Waals surface area contributed by atoms with Crippen molar-refractivity contribution in [3.63, 3.8) is 0 Å². The predicted molar refractivity (Wildman–Crippen MR) is 76.7 cm³/mol. The molecule has 2 aromatic rings. The molecule has 1 aromatic carbocycles. The van der Waals surface area contributed by atoms with Gasteiger partial charge in [0.25, 0.3) is 0 Å². The van der Waals surface area contributed by atoms with Gasteiger partial charge in [0.15, 0.2) is 5.82 Å². The Morgan fingerprint density at radius 1 is 1.37 bits per heavy atom. The Balaban J connectivity index is 2.14. The highest BCUT2D eigenvalue weighted by Gasteiger charge is 2.25. The first-order chi connectivity index (χ1) is 9.33. The number of ether oxygens (including phenoxy) is 1. The summed E-state index contributed by atoms with van der Waals surface area (Å²) in [5, 5.41) is 0.901. The van der Waals surface area contributed by atoms with Crippen LogP contribution >= 0.6 is 11.8 Å². The van der Waals surface area contributed by atoms with Crippen LogP contribution < -0.4 is 4.90 Å². The number of anilines is 2. The molecule has 0 fully saturated rings. The molecule has 5 heteroatoms. The van der Waals surface area contributed by atoms with E-state index in [9.17, 15) is 0 Å². The van der Waals surface area contributed by atoms with Crippen LogP contribution in [0, 0.1) is 0 Å². The predicted octanol–water partition coefficient (Wildman–Crippen LogP) is 3.33. The van der Waals surface area contributed by atoms with E-state index in [1.807, 2.05) is 17.0 Å². The van der Waals surface area contributed by atoms with Crippen LogP contribution in [0.1, 0.15) is 5.56 Å². The van der Waals surface area contributed by atoms with Crippen molar-refractivity contribution in [2.45, 2.75) is 9.92 Å². The molecule has 1 aliphatic heterocycles.